The van der Waals surface area contributed by atoms with Crippen molar-refractivity contribution in [1.82, 2.24) is 5.32 Å². The van der Waals surface area contributed by atoms with E-state index in [1.165, 1.54) is 6.07 Å². The van der Waals surface area contributed by atoms with Crippen LogP contribution in [0.5, 0.6) is 0 Å². The van der Waals surface area contributed by atoms with Gasteiger partial charge in [0.25, 0.3) is 0 Å². The Morgan fingerprint density at radius 3 is 2.62 bits per heavy atom. The van der Waals surface area contributed by atoms with Crippen LogP contribution in [0.3, 0.4) is 0 Å². The smallest absolute Gasteiger partial charge is 0.407 e. The first-order valence-electron chi connectivity index (χ1n) is 7.94. The van der Waals surface area contributed by atoms with Gasteiger partial charge in [0.2, 0.25) is 0 Å². The zero-order valence-electron chi connectivity index (χ0n) is 13.2. The largest absolute Gasteiger partial charge is 0.445 e. The van der Waals surface area contributed by atoms with Crippen molar-refractivity contribution in [3.63, 3.8) is 0 Å². The van der Waals surface area contributed by atoms with Gasteiger partial charge in [0.05, 0.1) is 6.61 Å². The van der Waals surface area contributed by atoms with Crippen LogP contribution in [0, 0.1) is 11.2 Å². The summed E-state index contributed by atoms with van der Waals surface area (Å²) in [6.07, 6.45) is 0.106. The molecule has 0 radical (unpaired) electrons. The van der Waals surface area contributed by atoms with Crippen molar-refractivity contribution in [2.75, 3.05) is 13.2 Å². The zero-order valence-corrected chi connectivity index (χ0v) is 13.2. The fourth-order valence-corrected chi connectivity index (χ4v) is 2.99. The van der Waals surface area contributed by atoms with E-state index >= 15 is 0 Å². The topological polar surface area (TPSA) is 58.6 Å². The normalized spacial score (nSPS) is 22.0. The number of nitrogens with one attached hydrogen (secondary N) is 1. The van der Waals surface area contributed by atoms with E-state index in [9.17, 15) is 14.3 Å². The first kappa shape index (κ1) is 16.5. The molecule has 2 aromatic carbocycles. The molecule has 1 aliphatic rings. The number of carbonyl (C=O) groups excluding carboxylic acids is 1. The Kier molecular flexibility index (Phi) is 4.81. The SMILES string of the molecule is O=C(NC[C@]1(CO)C[C@H]1c1ccccc1F)OCc1ccccc1. The molecule has 24 heavy (non-hydrogen) atoms. The van der Waals surface area contributed by atoms with Crippen LogP contribution < -0.4 is 5.32 Å². The van der Waals surface area contributed by atoms with Crippen molar-refractivity contribution in [3.05, 3.63) is 71.5 Å². The highest BCUT2D eigenvalue weighted by atomic mass is 19.1. The van der Waals surface area contributed by atoms with E-state index in [-0.39, 0.29) is 31.5 Å². The van der Waals surface area contributed by atoms with E-state index in [1.807, 2.05) is 30.3 Å². The monoisotopic (exact) mass is 329 g/mol. The predicted molar refractivity (Wildman–Crippen MR) is 87.9 cm³/mol. The lowest BCUT2D eigenvalue weighted by atomic mass is 9.99. The van der Waals surface area contributed by atoms with E-state index < -0.39 is 11.5 Å². The van der Waals surface area contributed by atoms with Gasteiger partial charge in [-0.2, -0.15) is 0 Å². The number of hydrogen-bond acceptors (Lipinski definition) is 3. The van der Waals surface area contributed by atoms with Gasteiger partial charge in [0.15, 0.2) is 0 Å². The first-order chi connectivity index (χ1) is 11.6. The molecule has 1 aliphatic carbocycles. The lowest BCUT2D eigenvalue weighted by Gasteiger charge is -2.16. The second kappa shape index (κ2) is 7.01. The summed E-state index contributed by atoms with van der Waals surface area (Å²) in [5.74, 6) is -0.359. The lowest BCUT2D eigenvalue weighted by Crippen LogP contribution is -2.33. The van der Waals surface area contributed by atoms with Crippen molar-refractivity contribution in [3.8, 4) is 0 Å². The van der Waals surface area contributed by atoms with Crippen LogP contribution in [-0.4, -0.2) is 24.4 Å². The molecule has 0 aromatic heterocycles. The van der Waals surface area contributed by atoms with Crippen LogP contribution in [-0.2, 0) is 11.3 Å². The number of benzene rings is 2. The number of halogens is 1. The van der Waals surface area contributed by atoms with Crippen LogP contribution in [0.4, 0.5) is 9.18 Å². The van der Waals surface area contributed by atoms with Crippen LogP contribution >= 0.6 is 0 Å². The molecule has 0 saturated heterocycles. The van der Waals surface area contributed by atoms with E-state index in [2.05, 4.69) is 5.32 Å². The molecule has 2 atom stereocenters. The molecule has 1 saturated carbocycles. The highest BCUT2D eigenvalue weighted by molar-refractivity contribution is 5.67. The summed E-state index contributed by atoms with van der Waals surface area (Å²) >= 11 is 0. The summed E-state index contributed by atoms with van der Waals surface area (Å²) in [5.41, 5.74) is 0.986. The minimum atomic E-state index is -0.536. The molecule has 1 amide bonds. The maximum Gasteiger partial charge on any atom is 0.407 e. The van der Waals surface area contributed by atoms with E-state index in [0.717, 1.165) is 5.56 Å². The van der Waals surface area contributed by atoms with Gasteiger partial charge in [-0.1, -0.05) is 48.5 Å². The average Bonchev–Trinajstić information content (AvgIpc) is 3.34. The van der Waals surface area contributed by atoms with Crippen molar-refractivity contribution < 1.29 is 19.0 Å². The van der Waals surface area contributed by atoms with Crippen LogP contribution in [0.15, 0.2) is 54.6 Å². The molecule has 2 aromatic rings. The molecular weight excluding hydrogens is 309 g/mol. The number of rotatable bonds is 6. The number of ether oxygens (including phenoxy) is 1. The van der Waals surface area contributed by atoms with E-state index in [4.69, 9.17) is 4.74 Å². The third-order valence-electron chi connectivity index (χ3n) is 4.58. The summed E-state index contributed by atoms with van der Waals surface area (Å²) in [6, 6.07) is 15.9. The molecule has 3 rings (SSSR count). The van der Waals surface area contributed by atoms with Crippen molar-refractivity contribution in [2.45, 2.75) is 18.9 Å². The fourth-order valence-electron chi connectivity index (χ4n) is 2.99. The van der Waals surface area contributed by atoms with Crippen molar-refractivity contribution in [1.29, 1.82) is 0 Å². The fraction of sp³-hybridized carbons (Fsp3) is 0.316. The predicted octanol–water partition coefficient (Wildman–Crippen LogP) is 3.22. The third kappa shape index (κ3) is 3.57. The quantitative estimate of drug-likeness (QED) is 0.855. The number of hydrogen-bond donors (Lipinski definition) is 2. The first-order valence-corrected chi connectivity index (χ1v) is 7.94. The number of aliphatic hydroxyl groups excluding tert-OH is 1. The van der Waals surface area contributed by atoms with E-state index in [1.54, 1.807) is 18.2 Å². The molecule has 0 unspecified atom stereocenters. The Hall–Kier alpha value is -2.40. The standard InChI is InChI=1S/C19H20FNO3/c20-17-9-5-4-8-15(17)16-10-19(16,13-22)12-21-18(23)24-11-14-6-2-1-3-7-14/h1-9,16,22H,10-13H2,(H,21,23)/t16-,19-/m0/s1. The summed E-state index contributed by atoms with van der Waals surface area (Å²) in [6.45, 7) is 0.344. The summed E-state index contributed by atoms with van der Waals surface area (Å²) < 4.78 is 19.0. The molecule has 4 nitrogen and oxygen atoms in total. The second-order valence-corrected chi connectivity index (χ2v) is 6.21. The Morgan fingerprint density at radius 1 is 1.21 bits per heavy atom. The van der Waals surface area contributed by atoms with Gasteiger partial charge in [-0.15, -0.1) is 0 Å². The van der Waals surface area contributed by atoms with Gasteiger partial charge < -0.3 is 15.2 Å². The molecule has 0 spiro atoms. The van der Waals surface area contributed by atoms with Crippen LogP contribution in [0.2, 0.25) is 0 Å². The minimum absolute atomic E-state index is 0.0851. The van der Waals surface area contributed by atoms with Crippen LogP contribution in [0.1, 0.15) is 23.5 Å². The maximum atomic E-state index is 13.9. The van der Waals surface area contributed by atoms with Crippen molar-refractivity contribution >= 4 is 6.09 Å². The summed E-state index contributed by atoms with van der Waals surface area (Å²) in [5, 5.41) is 12.4. The number of carbonyl (C=O) groups is 1. The Balaban J connectivity index is 1.52. The lowest BCUT2D eigenvalue weighted by molar-refractivity contribution is 0.132. The molecule has 0 heterocycles. The highest BCUT2D eigenvalue weighted by Crippen LogP contribution is 2.59. The van der Waals surface area contributed by atoms with Gasteiger partial charge in [-0.25, -0.2) is 9.18 Å². The molecule has 2 N–H and O–H groups in total. The highest BCUT2D eigenvalue weighted by Gasteiger charge is 2.55. The molecular formula is C19H20FNO3. The Bertz CT molecular complexity index is 707. The number of aliphatic hydroxyl groups is 1. The maximum absolute atomic E-state index is 13.9. The molecule has 1 fully saturated rings. The average molecular weight is 329 g/mol. The van der Waals surface area contributed by atoms with Gasteiger partial charge in [0.1, 0.15) is 12.4 Å². The number of alkyl carbamates (subject to hydrolysis) is 1. The zero-order chi connectivity index (χ0) is 17.0. The molecule has 0 bridgehead atoms. The van der Waals surface area contributed by atoms with Crippen LogP contribution in [0.25, 0.3) is 0 Å². The second-order valence-electron chi connectivity index (χ2n) is 6.21. The van der Waals surface area contributed by atoms with Gasteiger partial charge >= 0.3 is 6.09 Å². The summed E-state index contributed by atoms with van der Waals surface area (Å²) in [7, 11) is 0. The molecule has 126 valence electrons. The Morgan fingerprint density at radius 2 is 1.92 bits per heavy atom. The van der Waals surface area contributed by atoms with Gasteiger partial charge in [0, 0.05) is 12.0 Å². The Labute approximate surface area is 140 Å². The molecule has 0 aliphatic heterocycles. The number of amides is 1. The van der Waals surface area contributed by atoms with Gasteiger partial charge in [-0.3, -0.25) is 0 Å². The van der Waals surface area contributed by atoms with Crippen molar-refractivity contribution in [2.24, 2.45) is 5.41 Å². The minimum Gasteiger partial charge on any atom is -0.445 e. The third-order valence-corrected chi connectivity index (χ3v) is 4.58. The summed E-state index contributed by atoms with van der Waals surface area (Å²) in [4.78, 5) is 11.8. The van der Waals surface area contributed by atoms with Gasteiger partial charge in [-0.05, 0) is 29.5 Å². The van der Waals surface area contributed by atoms with E-state index in [0.29, 0.717) is 12.0 Å². The molecule has 5 heteroatoms.